The number of nitrogens with one attached hydrogen (secondary N) is 4. The van der Waals surface area contributed by atoms with Crippen molar-refractivity contribution in [3.8, 4) is 0 Å². The molecule has 56 heavy (non-hydrogen) atoms. The zero-order valence-corrected chi connectivity index (χ0v) is 32.8. The van der Waals surface area contributed by atoms with Gasteiger partial charge >= 0.3 is 6.09 Å². The van der Waals surface area contributed by atoms with Gasteiger partial charge in [0, 0.05) is 24.8 Å². The topological polar surface area (TPSA) is 159 Å². The number of rotatable bonds is 19. The van der Waals surface area contributed by atoms with E-state index in [0.717, 1.165) is 27.5 Å². The lowest BCUT2D eigenvalue weighted by molar-refractivity contribution is -0.131. The fourth-order valence-corrected chi connectivity index (χ4v) is 7.08. The van der Waals surface area contributed by atoms with Crippen LogP contribution in [0.1, 0.15) is 61.9 Å². The smallest absolute Gasteiger partial charge is 0.408 e. The molecule has 3 unspecified atom stereocenters. The number of hydrogen-bond acceptors (Lipinski definition) is 8. The van der Waals surface area contributed by atoms with E-state index in [1.807, 2.05) is 124 Å². The van der Waals surface area contributed by atoms with Gasteiger partial charge in [-0.25, -0.2) is 9.78 Å². The summed E-state index contributed by atoms with van der Waals surface area (Å²) in [5.41, 5.74) is 4.93. The molecule has 4 aromatic carbocycles. The summed E-state index contributed by atoms with van der Waals surface area (Å²) in [6.07, 6.45) is -1.63. The van der Waals surface area contributed by atoms with Crippen LogP contribution >= 0.6 is 11.3 Å². The molecule has 0 aliphatic heterocycles. The summed E-state index contributed by atoms with van der Waals surface area (Å²) in [4.78, 5) is 58.8. The normalized spacial score (nSPS) is 13.9. The standard InChI is InChI=1S/C44H51N5O6S/c1-29(2)21-37(40(50)24-41(51)45-25-30(3)32-15-8-5-9-16-32)47-43(53)39(23-35-27-56-28-46-35)48-42(52)38(49-44(54)55-26-31-13-6-4-7-14-31)22-34-19-12-18-33-17-10-11-20-36(33)34/h4-20,27-30,37-40,50H,21-26H2,1-3H3,(H,45,51)(H,47,53)(H,48,52)(H,49,54)/t30?,37?,38-,39-,40?/m0/s1. The van der Waals surface area contributed by atoms with Crippen molar-refractivity contribution in [2.45, 2.75) is 83.2 Å². The van der Waals surface area contributed by atoms with E-state index in [2.05, 4.69) is 26.3 Å². The summed E-state index contributed by atoms with van der Waals surface area (Å²) in [6.45, 7) is 6.34. The molecule has 1 aromatic heterocycles. The molecule has 11 nitrogen and oxygen atoms in total. The van der Waals surface area contributed by atoms with Crippen LogP contribution in [0.5, 0.6) is 0 Å². The highest BCUT2D eigenvalue weighted by Crippen LogP contribution is 2.21. The van der Waals surface area contributed by atoms with Gasteiger partial charge < -0.3 is 31.1 Å². The van der Waals surface area contributed by atoms with Gasteiger partial charge in [-0.15, -0.1) is 11.3 Å². The van der Waals surface area contributed by atoms with Crippen LogP contribution in [0.2, 0.25) is 0 Å². The predicted molar refractivity (Wildman–Crippen MR) is 219 cm³/mol. The summed E-state index contributed by atoms with van der Waals surface area (Å²) in [7, 11) is 0. The van der Waals surface area contributed by atoms with Crippen LogP contribution in [0.25, 0.3) is 10.8 Å². The molecular weight excluding hydrogens is 727 g/mol. The minimum Gasteiger partial charge on any atom is -0.445 e. The Bertz CT molecular complexity index is 2010. The molecule has 1 heterocycles. The average molecular weight is 778 g/mol. The van der Waals surface area contributed by atoms with Crippen molar-refractivity contribution in [1.29, 1.82) is 0 Å². The van der Waals surface area contributed by atoms with E-state index in [-0.39, 0.29) is 43.6 Å². The van der Waals surface area contributed by atoms with E-state index in [1.54, 1.807) is 10.9 Å². The molecular formula is C44H51N5O6S. The molecule has 0 fully saturated rings. The second-order valence-electron chi connectivity index (χ2n) is 14.5. The second-order valence-corrected chi connectivity index (χ2v) is 15.2. The van der Waals surface area contributed by atoms with E-state index in [4.69, 9.17) is 4.74 Å². The summed E-state index contributed by atoms with van der Waals surface area (Å²) < 4.78 is 5.49. The fourth-order valence-electron chi connectivity index (χ4n) is 6.51. The van der Waals surface area contributed by atoms with Crippen LogP contribution in [0.15, 0.2) is 114 Å². The van der Waals surface area contributed by atoms with Gasteiger partial charge in [-0.2, -0.15) is 0 Å². The largest absolute Gasteiger partial charge is 0.445 e. The third-order valence-corrected chi connectivity index (χ3v) is 10.2. The van der Waals surface area contributed by atoms with E-state index in [0.29, 0.717) is 18.7 Å². The molecule has 12 heteroatoms. The minimum absolute atomic E-state index is 0.00772. The molecule has 0 saturated heterocycles. The number of amides is 4. The molecule has 0 saturated carbocycles. The number of thiazole rings is 1. The summed E-state index contributed by atoms with van der Waals surface area (Å²) in [5, 5.41) is 26.5. The highest BCUT2D eigenvalue weighted by molar-refractivity contribution is 7.07. The predicted octanol–water partition coefficient (Wildman–Crippen LogP) is 6.06. The molecule has 5 N–H and O–H groups in total. The zero-order valence-electron chi connectivity index (χ0n) is 32.0. The Morgan fingerprint density at radius 2 is 1.43 bits per heavy atom. The summed E-state index contributed by atoms with van der Waals surface area (Å²) in [6, 6.07) is 29.6. The number of hydrogen-bond donors (Lipinski definition) is 5. The quantitative estimate of drug-likeness (QED) is 0.0682. The lowest BCUT2D eigenvalue weighted by atomic mass is 9.96. The van der Waals surface area contributed by atoms with Gasteiger partial charge in [0.1, 0.15) is 18.7 Å². The van der Waals surface area contributed by atoms with Crippen LogP contribution in [-0.2, 0) is 38.6 Å². The third-order valence-electron chi connectivity index (χ3n) is 9.54. The lowest BCUT2D eigenvalue weighted by Crippen LogP contribution is -2.57. The number of aliphatic hydroxyl groups excluding tert-OH is 1. The Kier molecular flexibility index (Phi) is 15.5. The Balaban J connectivity index is 1.31. The first-order valence-electron chi connectivity index (χ1n) is 19.0. The molecule has 5 atom stereocenters. The van der Waals surface area contributed by atoms with Crippen LogP contribution in [-0.4, -0.2) is 64.7 Å². The first-order valence-corrected chi connectivity index (χ1v) is 19.9. The van der Waals surface area contributed by atoms with Crippen molar-refractivity contribution in [1.82, 2.24) is 26.3 Å². The monoisotopic (exact) mass is 777 g/mol. The van der Waals surface area contributed by atoms with E-state index < -0.39 is 42.1 Å². The molecule has 0 spiro atoms. The highest BCUT2D eigenvalue weighted by Gasteiger charge is 2.32. The van der Waals surface area contributed by atoms with Crippen molar-refractivity contribution in [3.05, 3.63) is 136 Å². The second kappa shape index (κ2) is 20.9. The van der Waals surface area contributed by atoms with Gasteiger partial charge in [0.15, 0.2) is 0 Å². The molecule has 0 bridgehead atoms. The van der Waals surface area contributed by atoms with Gasteiger partial charge in [0.2, 0.25) is 17.7 Å². The highest BCUT2D eigenvalue weighted by atomic mass is 32.1. The van der Waals surface area contributed by atoms with Crippen LogP contribution in [0.4, 0.5) is 4.79 Å². The number of aliphatic hydroxyl groups is 1. The molecule has 4 amide bonds. The Morgan fingerprint density at radius 1 is 0.768 bits per heavy atom. The molecule has 0 radical (unpaired) electrons. The van der Waals surface area contributed by atoms with Crippen LogP contribution in [0.3, 0.4) is 0 Å². The number of fused-ring (bicyclic) bond motifs is 1. The SMILES string of the molecule is CC(C)CC(NC(=O)[C@H](Cc1cscn1)NC(=O)[C@H](Cc1cccc2ccccc12)NC(=O)OCc1ccccc1)C(O)CC(=O)NCC(C)c1ccccc1. The molecule has 0 aliphatic rings. The number of nitrogens with zero attached hydrogens (tertiary/aromatic N) is 1. The molecule has 0 aliphatic carbocycles. The lowest BCUT2D eigenvalue weighted by Gasteiger charge is -2.29. The Morgan fingerprint density at radius 3 is 2.14 bits per heavy atom. The number of ether oxygens (including phenoxy) is 1. The van der Waals surface area contributed by atoms with Crippen LogP contribution < -0.4 is 21.3 Å². The number of alkyl carbamates (subject to hydrolysis) is 1. The van der Waals surface area contributed by atoms with Crippen molar-refractivity contribution < 1.29 is 29.0 Å². The van der Waals surface area contributed by atoms with Gasteiger partial charge in [-0.1, -0.05) is 124 Å². The van der Waals surface area contributed by atoms with Gasteiger partial charge in [-0.3, -0.25) is 14.4 Å². The summed E-state index contributed by atoms with van der Waals surface area (Å²) >= 11 is 1.36. The van der Waals surface area contributed by atoms with E-state index in [1.165, 1.54) is 11.3 Å². The zero-order chi connectivity index (χ0) is 39.9. The van der Waals surface area contributed by atoms with Crippen molar-refractivity contribution in [3.63, 3.8) is 0 Å². The fraction of sp³-hybridized carbons (Fsp3) is 0.341. The van der Waals surface area contributed by atoms with Gasteiger partial charge in [-0.05, 0) is 45.7 Å². The molecule has 5 rings (SSSR count). The van der Waals surface area contributed by atoms with E-state index >= 15 is 0 Å². The Hall–Kier alpha value is -5.59. The number of aromatic nitrogens is 1. The maximum atomic E-state index is 14.2. The first-order chi connectivity index (χ1) is 27.0. The maximum absolute atomic E-state index is 14.2. The van der Waals surface area contributed by atoms with Crippen LogP contribution in [0, 0.1) is 5.92 Å². The first kappa shape index (κ1) is 41.6. The van der Waals surface area contributed by atoms with Gasteiger partial charge in [0.25, 0.3) is 0 Å². The third kappa shape index (κ3) is 12.7. The minimum atomic E-state index is -1.19. The van der Waals surface area contributed by atoms with Crippen molar-refractivity contribution in [2.75, 3.05) is 6.54 Å². The number of carbonyl (C=O) groups is 4. The summed E-state index contributed by atoms with van der Waals surface area (Å²) in [5.74, 6) is -1.35. The van der Waals surface area contributed by atoms with Gasteiger partial charge in [0.05, 0.1) is 29.8 Å². The maximum Gasteiger partial charge on any atom is 0.408 e. The van der Waals surface area contributed by atoms with Crippen molar-refractivity contribution >= 4 is 45.9 Å². The molecule has 5 aromatic rings. The Labute approximate surface area is 332 Å². The average Bonchev–Trinajstić information content (AvgIpc) is 3.72. The molecule has 294 valence electrons. The number of carbonyl (C=O) groups excluding carboxylic acids is 4. The number of benzene rings is 4. The van der Waals surface area contributed by atoms with Crippen molar-refractivity contribution in [2.24, 2.45) is 5.92 Å². The van der Waals surface area contributed by atoms with E-state index in [9.17, 15) is 24.3 Å².